The molecule has 27 heavy (non-hydrogen) atoms. The minimum Gasteiger partial charge on any atom is -0.504 e. The van der Waals surface area contributed by atoms with Gasteiger partial charge in [0.1, 0.15) is 0 Å². The van der Waals surface area contributed by atoms with E-state index < -0.39 is 53.3 Å². The van der Waals surface area contributed by atoms with E-state index in [1.807, 2.05) is 0 Å². The minimum atomic E-state index is -4.62. The summed E-state index contributed by atoms with van der Waals surface area (Å²) in [6.07, 6.45) is 0. The molecule has 0 aliphatic heterocycles. The molecule has 0 fully saturated rings. The van der Waals surface area contributed by atoms with Crippen LogP contribution in [0.1, 0.15) is 17.3 Å². The van der Waals surface area contributed by atoms with E-state index in [1.165, 1.54) is 6.92 Å². The summed E-state index contributed by atoms with van der Waals surface area (Å²) in [5.74, 6) is -3.18. The molecule has 0 unspecified atom stereocenters. The molecule has 0 amide bonds. The van der Waals surface area contributed by atoms with Crippen molar-refractivity contribution in [1.29, 1.82) is 0 Å². The highest BCUT2D eigenvalue weighted by Gasteiger charge is 2.31. The molecule has 0 aliphatic carbocycles. The zero-order valence-corrected chi connectivity index (χ0v) is 15.8. The number of ether oxygens (including phenoxy) is 1. The van der Waals surface area contributed by atoms with Crippen LogP contribution in [0, 0.1) is 10.1 Å². The van der Waals surface area contributed by atoms with E-state index in [1.54, 1.807) is 0 Å². The number of halogens is 2. The SMILES string of the molecule is CCOC(=O)c1c(Cl)cc(Cl)cc1S(=O)(=O)c1cc(O)c(O)c([N+](=O)[O-])c1. The molecule has 0 heterocycles. The summed E-state index contributed by atoms with van der Waals surface area (Å²) in [6.45, 7) is 1.43. The highest BCUT2D eigenvalue weighted by Crippen LogP contribution is 2.40. The van der Waals surface area contributed by atoms with E-state index in [0.29, 0.717) is 12.1 Å². The van der Waals surface area contributed by atoms with Crippen LogP contribution in [-0.2, 0) is 14.6 Å². The number of esters is 1. The van der Waals surface area contributed by atoms with Crippen molar-refractivity contribution >= 4 is 44.7 Å². The number of benzene rings is 2. The van der Waals surface area contributed by atoms with Crippen LogP contribution in [0.2, 0.25) is 10.0 Å². The first-order valence-corrected chi connectivity index (χ1v) is 9.36. The van der Waals surface area contributed by atoms with Crippen molar-refractivity contribution in [2.75, 3.05) is 6.61 Å². The van der Waals surface area contributed by atoms with Gasteiger partial charge in [-0.1, -0.05) is 23.2 Å². The van der Waals surface area contributed by atoms with Crippen molar-refractivity contribution in [2.24, 2.45) is 0 Å². The fourth-order valence-corrected chi connectivity index (χ4v) is 4.39. The van der Waals surface area contributed by atoms with Crippen LogP contribution in [0.25, 0.3) is 0 Å². The number of nitro groups is 1. The predicted molar refractivity (Wildman–Crippen MR) is 94.3 cm³/mol. The van der Waals surface area contributed by atoms with Crippen LogP contribution in [0.3, 0.4) is 0 Å². The maximum absolute atomic E-state index is 13.0. The Morgan fingerprint density at radius 3 is 2.41 bits per heavy atom. The molecule has 0 saturated carbocycles. The molecule has 0 atom stereocenters. The van der Waals surface area contributed by atoms with Crippen LogP contribution in [0.5, 0.6) is 11.5 Å². The van der Waals surface area contributed by atoms with Gasteiger partial charge in [-0.2, -0.15) is 0 Å². The van der Waals surface area contributed by atoms with Gasteiger partial charge in [-0.25, -0.2) is 13.2 Å². The second-order valence-electron chi connectivity index (χ2n) is 5.05. The maximum Gasteiger partial charge on any atom is 0.340 e. The molecule has 144 valence electrons. The molecule has 0 saturated heterocycles. The van der Waals surface area contributed by atoms with E-state index in [-0.39, 0.29) is 16.7 Å². The summed E-state index contributed by atoms with van der Waals surface area (Å²) >= 11 is 11.8. The summed E-state index contributed by atoms with van der Waals surface area (Å²) in [5, 5.41) is 29.7. The molecule has 2 aromatic carbocycles. The van der Waals surface area contributed by atoms with Crippen LogP contribution >= 0.6 is 23.2 Å². The molecule has 12 heteroatoms. The Morgan fingerprint density at radius 2 is 1.85 bits per heavy atom. The normalized spacial score (nSPS) is 11.2. The Kier molecular flexibility index (Phi) is 5.83. The number of aromatic hydroxyl groups is 2. The molecule has 9 nitrogen and oxygen atoms in total. The summed E-state index contributed by atoms with van der Waals surface area (Å²) in [7, 11) is -4.62. The molecule has 0 spiro atoms. The first-order valence-electron chi connectivity index (χ1n) is 7.12. The van der Waals surface area contributed by atoms with Crippen LogP contribution in [-0.4, -0.2) is 36.1 Å². The number of carbonyl (C=O) groups is 1. The third-order valence-corrected chi connectivity index (χ3v) is 5.61. The van der Waals surface area contributed by atoms with Gasteiger partial charge >= 0.3 is 11.7 Å². The smallest absolute Gasteiger partial charge is 0.340 e. The fourth-order valence-electron chi connectivity index (χ4n) is 2.16. The second kappa shape index (κ2) is 7.59. The molecule has 2 rings (SSSR count). The van der Waals surface area contributed by atoms with Crippen molar-refractivity contribution in [3.05, 3.63) is 50.0 Å². The first-order chi connectivity index (χ1) is 12.5. The van der Waals surface area contributed by atoms with Gasteiger partial charge in [-0.3, -0.25) is 10.1 Å². The lowest BCUT2D eigenvalue weighted by atomic mass is 10.2. The topological polar surface area (TPSA) is 144 Å². The zero-order chi connectivity index (χ0) is 20.5. The number of nitro benzene ring substituents is 1. The fraction of sp³-hybridized carbons (Fsp3) is 0.133. The van der Waals surface area contributed by atoms with E-state index in [0.717, 1.165) is 12.1 Å². The maximum atomic E-state index is 13.0. The van der Waals surface area contributed by atoms with E-state index >= 15 is 0 Å². The average molecular weight is 436 g/mol. The molecule has 2 N–H and O–H groups in total. The largest absolute Gasteiger partial charge is 0.504 e. The highest BCUT2D eigenvalue weighted by molar-refractivity contribution is 7.91. The van der Waals surface area contributed by atoms with Gasteiger partial charge in [0.25, 0.3) is 0 Å². The molecular formula is C15H11Cl2NO8S. The van der Waals surface area contributed by atoms with Gasteiger partial charge < -0.3 is 14.9 Å². The van der Waals surface area contributed by atoms with Gasteiger partial charge in [0.05, 0.1) is 31.9 Å². The first kappa shape index (κ1) is 20.7. The lowest BCUT2D eigenvalue weighted by Crippen LogP contribution is -2.13. The van der Waals surface area contributed by atoms with Gasteiger partial charge in [0.15, 0.2) is 5.75 Å². The quantitative estimate of drug-likeness (QED) is 0.314. The summed E-state index contributed by atoms with van der Waals surface area (Å²) in [6, 6.07) is 3.19. The average Bonchev–Trinajstić information content (AvgIpc) is 2.56. The van der Waals surface area contributed by atoms with Gasteiger partial charge in [-0.05, 0) is 19.1 Å². The van der Waals surface area contributed by atoms with Crippen molar-refractivity contribution in [3.8, 4) is 11.5 Å². The Morgan fingerprint density at radius 1 is 1.22 bits per heavy atom. The minimum absolute atomic E-state index is 0.0667. The number of phenols is 2. The molecule has 2 aromatic rings. The van der Waals surface area contributed by atoms with Crippen LogP contribution < -0.4 is 0 Å². The monoisotopic (exact) mass is 435 g/mol. The number of phenolic OH excluding ortho intramolecular Hbond substituents is 2. The number of hydrogen-bond donors (Lipinski definition) is 2. The molecule has 0 bridgehead atoms. The number of sulfone groups is 1. The summed E-state index contributed by atoms with van der Waals surface area (Å²) in [5.41, 5.74) is -1.56. The number of hydrogen-bond acceptors (Lipinski definition) is 8. The Labute approximate surface area is 162 Å². The Bertz CT molecular complexity index is 1050. The molecule has 0 radical (unpaired) electrons. The summed E-state index contributed by atoms with van der Waals surface area (Å²) < 4.78 is 30.7. The van der Waals surface area contributed by atoms with Crippen molar-refractivity contribution < 1.29 is 33.1 Å². The number of nitrogens with zero attached hydrogens (tertiary/aromatic N) is 1. The van der Waals surface area contributed by atoms with Crippen LogP contribution in [0.4, 0.5) is 5.69 Å². The van der Waals surface area contributed by atoms with Gasteiger partial charge in [0, 0.05) is 17.2 Å². The lowest BCUT2D eigenvalue weighted by Gasteiger charge is -2.13. The lowest BCUT2D eigenvalue weighted by molar-refractivity contribution is -0.386. The molecule has 0 aliphatic rings. The molecular weight excluding hydrogens is 425 g/mol. The van der Waals surface area contributed by atoms with Gasteiger partial charge in [0.2, 0.25) is 15.6 Å². The number of carbonyl (C=O) groups excluding carboxylic acids is 1. The Hall–Kier alpha value is -2.56. The third kappa shape index (κ3) is 3.92. The van der Waals surface area contributed by atoms with Crippen molar-refractivity contribution in [2.45, 2.75) is 16.7 Å². The summed E-state index contributed by atoms with van der Waals surface area (Å²) in [4.78, 5) is 20.6. The zero-order valence-electron chi connectivity index (χ0n) is 13.5. The van der Waals surface area contributed by atoms with E-state index in [4.69, 9.17) is 27.9 Å². The number of rotatable bonds is 5. The third-order valence-electron chi connectivity index (χ3n) is 3.34. The molecule has 0 aromatic heterocycles. The van der Waals surface area contributed by atoms with Crippen molar-refractivity contribution in [3.63, 3.8) is 0 Å². The second-order valence-corrected chi connectivity index (χ2v) is 7.81. The van der Waals surface area contributed by atoms with E-state index in [2.05, 4.69) is 0 Å². The standard InChI is InChI=1S/C15H11Cl2NO8S/c1-2-26-15(21)13-9(17)3-7(16)4-12(13)27(24,25)8-5-10(18(22)23)14(20)11(19)6-8/h3-6,19-20H,2H2,1H3. The predicted octanol–water partition coefficient (Wildman–Crippen LogP) is 3.32. The van der Waals surface area contributed by atoms with E-state index in [9.17, 15) is 33.5 Å². The van der Waals surface area contributed by atoms with Crippen LogP contribution in [0.15, 0.2) is 34.1 Å². The Balaban J connectivity index is 2.82. The van der Waals surface area contributed by atoms with Crippen molar-refractivity contribution in [1.82, 2.24) is 0 Å². The highest BCUT2D eigenvalue weighted by atomic mass is 35.5. The van der Waals surface area contributed by atoms with Gasteiger partial charge in [-0.15, -0.1) is 0 Å².